The second kappa shape index (κ2) is 9.34. The number of hydrazone groups is 1. The maximum Gasteiger partial charge on any atom is 0.329 e. The molecule has 29 heavy (non-hydrogen) atoms. The van der Waals surface area contributed by atoms with Crippen LogP contribution in [-0.2, 0) is 9.59 Å². The Labute approximate surface area is 170 Å². The van der Waals surface area contributed by atoms with Gasteiger partial charge in [-0.05, 0) is 48.5 Å². The van der Waals surface area contributed by atoms with E-state index in [-0.39, 0.29) is 11.3 Å². The molecular formula is C20H15ClN4O4. The number of para-hydroxylation sites is 1. The molecule has 1 aromatic heterocycles. The number of hydrogen-bond donors (Lipinski definition) is 3. The molecule has 3 N–H and O–H groups in total. The molecule has 2 aromatic carbocycles. The van der Waals surface area contributed by atoms with E-state index in [1.807, 2.05) is 0 Å². The van der Waals surface area contributed by atoms with Gasteiger partial charge in [0, 0.05) is 10.7 Å². The van der Waals surface area contributed by atoms with Gasteiger partial charge in [-0.15, -0.1) is 0 Å². The van der Waals surface area contributed by atoms with Gasteiger partial charge in [-0.1, -0.05) is 23.7 Å². The number of hydrogen-bond acceptors (Lipinski definition) is 5. The van der Waals surface area contributed by atoms with Crippen molar-refractivity contribution in [3.63, 3.8) is 0 Å². The second-order valence-corrected chi connectivity index (χ2v) is 6.11. The zero-order valence-corrected chi connectivity index (χ0v) is 15.6. The van der Waals surface area contributed by atoms with Crippen LogP contribution < -0.4 is 16.1 Å². The molecule has 0 spiro atoms. The zero-order chi connectivity index (χ0) is 20.6. The summed E-state index contributed by atoms with van der Waals surface area (Å²) in [4.78, 5) is 36.6. The molecule has 0 unspecified atom stereocenters. The Kier molecular flexibility index (Phi) is 6.39. The predicted octanol–water partition coefficient (Wildman–Crippen LogP) is 3.27. The molecular weight excluding hydrogens is 396 g/mol. The molecule has 0 bridgehead atoms. The van der Waals surface area contributed by atoms with Gasteiger partial charge in [0.2, 0.25) is 0 Å². The highest BCUT2D eigenvalue weighted by Crippen LogP contribution is 2.19. The number of furan rings is 1. The highest BCUT2D eigenvalue weighted by atomic mass is 35.5. The average Bonchev–Trinajstić information content (AvgIpc) is 3.23. The number of rotatable bonds is 5. The Morgan fingerprint density at radius 3 is 2.38 bits per heavy atom. The fourth-order valence-corrected chi connectivity index (χ4v) is 2.40. The third kappa shape index (κ3) is 5.53. The van der Waals surface area contributed by atoms with Crippen LogP contribution in [0, 0.1) is 0 Å². The van der Waals surface area contributed by atoms with E-state index in [1.54, 1.807) is 48.5 Å². The Bertz CT molecular complexity index is 1050. The first kappa shape index (κ1) is 19.8. The Morgan fingerprint density at radius 2 is 1.66 bits per heavy atom. The SMILES string of the molecule is O=C(N/N=C\c1ccco1)C(=O)Nc1ccccc1C(=O)Nc1ccc(Cl)cc1. The summed E-state index contributed by atoms with van der Waals surface area (Å²) in [7, 11) is 0. The number of nitrogens with one attached hydrogen (secondary N) is 3. The van der Waals surface area contributed by atoms with Crippen LogP contribution in [0.5, 0.6) is 0 Å². The van der Waals surface area contributed by atoms with Crippen molar-refractivity contribution in [2.75, 3.05) is 10.6 Å². The van der Waals surface area contributed by atoms with Crippen molar-refractivity contribution >= 4 is 46.9 Å². The molecule has 8 nitrogen and oxygen atoms in total. The van der Waals surface area contributed by atoms with E-state index in [2.05, 4.69) is 21.2 Å². The molecule has 0 fully saturated rings. The van der Waals surface area contributed by atoms with Gasteiger partial charge in [0.05, 0.1) is 23.7 Å². The van der Waals surface area contributed by atoms with Gasteiger partial charge in [0.1, 0.15) is 5.76 Å². The fourth-order valence-electron chi connectivity index (χ4n) is 2.27. The van der Waals surface area contributed by atoms with Crippen molar-refractivity contribution in [2.24, 2.45) is 5.10 Å². The number of halogens is 1. The zero-order valence-electron chi connectivity index (χ0n) is 14.9. The average molecular weight is 411 g/mol. The van der Waals surface area contributed by atoms with Crippen molar-refractivity contribution in [2.45, 2.75) is 0 Å². The molecule has 3 aromatic rings. The van der Waals surface area contributed by atoms with Gasteiger partial charge in [-0.3, -0.25) is 14.4 Å². The lowest BCUT2D eigenvalue weighted by Crippen LogP contribution is -2.33. The van der Waals surface area contributed by atoms with Crippen molar-refractivity contribution < 1.29 is 18.8 Å². The maximum atomic E-state index is 12.5. The molecule has 9 heteroatoms. The summed E-state index contributed by atoms with van der Waals surface area (Å²) in [5.41, 5.74) is 2.97. The molecule has 0 aliphatic carbocycles. The number of anilines is 2. The molecule has 0 aliphatic rings. The first-order chi connectivity index (χ1) is 14.0. The van der Waals surface area contributed by atoms with Gasteiger partial charge in [0.25, 0.3) is 5.91 Å². The van der Waals surface area contributed by atoms with Crippen LogP contribution in [0.2, 0.25) is 5.02 Å². The summed E-state index contributed by atoms with van der Waals surface area (Å²) in [6, 6.07) is 16.1. The molecule has 0 radical (unpaired) electrons. The van der Waals surface area contributed by atoms with Gasteiger partial charge >= 0.3 is 11.8 Å². The standard InChI is InChI=1S/C20H15ClN4O4/c21-13-7-9-14(10-8-13)23-18(26)16-5-1-2-6-17(16)24-19(27)20(28)25-22-12-15-4-3-11-29-15/h1-12H,(H,23,26)(H,24,27)(H,25,28)/b22-12-. The summed E-state index contributed by atoms with van der Waals surface area (Å²) in [5.74, 6) is -2.02. The summed E-state index contributed by atoms with van der Waals surface area (Å²) < 4.78 is 5.02. The van der Waals surface area contributed by atoms with Gasteiger partial charge < -0.3 is 15.1 Å². The molecule has 0 saturated heterocycles. The number of carbonyl (C=O) groups excluding carboxylic acids is 3. The molecule has 0 atom stereocenters. The van der Waals surface area contributed by atoms with Crippen LogP contribution in [0.15, 0.2) is 76.4 Å². The maximum absolute atomic E-state index is 12.5. The monoisotopic (exact) mass is 410 g/mol. The van der Waals surface area contributed by atoms with E-state index >= 15 is 0 Å². The lowest BCUT2D eigenvalue weighted by Gasteiger charge is -2.11. The molecule has 3 rings (SSSR count). The van der Waals surface area contributed by atoms with Crippen LogP contribution in [-0.4, -0.2) is 23.9 Å². The second-order valence-electron chi connectivity index (χ2n) is 5.68. The van der Waals surface area contributed by atoms with Crippen LogP contribution in [0.3, 0.4) is 0 Å². The third-order valence-corrected chi connectivity index (χ3v) is 3.88. The lowest BCUT2D eigenvalue weighted by molar-refractivity contribution is -0.136. The van der Waals surface area contributed by atoms with Crippen LogP contribution >= 0.6 is 11.6 Å². The van der Waals surface area contributed by atoms with Crippen molar-refractivity contribution in [1.29, 1.82) is 0 Å². The number of nitrogens with zero attached hydrogens (tertiary/aromatic N) is 1. The minimum absolute atomic E-state index is 0.175. The normalized spacial score (nSPS) is 10.5. The van der Waals surface area contributed by atoms with Crippen LogP contribution in [0.1, 0.15) is 16.1 Å². The first-order valence-electron chi connectivity index (χ1n) is 8.37. The quantitative estimate of drug-likeness (QED) is 0.340. The summed E-state index contributed by atoms with van der Waals surface area (Å²) in [5, 5.41) is 9.26. The number of carbonyl (C=O) groups is 3. The Balaban J connectivity index is 1.64. The Hall–Kier alpha value is -3.91. The van der Waals surface area contributed by atoms with Gasteiger partial charge in [0.15, 0.2) is 0 Å². The molecule has 146 valence electrons. The molecule has 0 saturated carbocycles. The third-order valence-electron chi connectivity index (χ3n) is 3.63. The minimum Gasteiger partial charge on any atom is -0.463 e. The highest BCUT2D eigenvalue weighted by Gasteiger charge is 2.17. The number of benzene rings is 2. The van der Waals surface area contributed by atoms with E-state index in [0.717, 1.165) is 0 Å². The predicted molar refractivity (Wildman–Crippen MR) is 109 cm³/mol. The van der Waals surface area contributed by atoms with Gasteiger partial charge in [-0.2, -0.15) is 5.10 Å². The van der Waals surface area contributed by atoms with E-state index in [4.69, 9.17) is 16.0 Å². The van der Waals surface area contributed by atoms with E-state index in [0.29, 0.717) is 16.5 Å². The largest absolute Gasteiger partial charge is 0.463 e. The first-order valence-corrected chi connectivity index (χ1v) is 8.74. The van der Waals surface area contributed by atoms with Crippen LogP contribution in [0.25, 0.3) is 0 Å². The summed E-state index contributed by atoms with van der Waals surface area (Å²) in [6.45, 7) is 0. The molecule has 3 amide bonds. The molecule has 1 heterocycles. The highest BCUT2D eigenvalue weighted by molar-refractivity contribution is 6.40. The minimum atomic E-state index is -0.999. The van der Waals surface area contributed by atoms with E-state index in [1.165, 1.54) is 24.6 Å². The summed E-state index contributed by atoms with van der Waals surface area (Å²) >= 11 is 5.83. The number of amides is 3. The van der Waals surface area contributed by atoms with E-state index < -0.39 is 17.7 Å². The van der Waals surface area contributed by atoms with E-state index in [9.17, 15) is 14.4 Å². The van der Waals surface area contributed by atoms with Crippen LogP contribution in [0.4, 0.5) is 11.4 Å². The smallest absolute Gasteiger partial charge is 0.329 e. The van der Waals surface area contributed by atoms with Crippen molar-refractivity contribution in [1.82, 2.24) is 5.43 Å². The topological polar surface area (TPSA) is 113 Å². The fraction of sp³-hybridized carbons (Fsp3) is 0. The lowest BCUT2D eigenvalue weighted by atomic mass is 10.1. The summed E-state index contributed by atoms with van der Waals surface area (Å²) in [6.07, 6.45) is 2.70. The van der Waals surface area contributed by atoms with Crippen molar-refractivity contribution in [3.8, 4) is 0 Å². The Morgan fingerprint density at radius 1 is 0.897 bits per heavy atom. The molecule has 0 aliphatic heterocycles. The van der Waals surface area contributed by atoms with Crippen molar-refractivity contribution in [3.05, 3.63) is 83.3 Å². The van der Waals surface area contributed by atoms with Gasteiger partial charge in [-0.25, -0.2) is 5.43 Å².